The lowest BCUT2D eigenvalue weighted by atomic mass is 10.2. The average molecular weight is 477 g/mol. The van der Waals surface area contributed by atoms with Crippen molar-refractivity contribution in [1.82, 2.24) is 4.31 Å². The van der Waals surface area contributed by atoms with Crippen LogP contribution in [-0.2, 0) is 29.1 Å². The summed E-state index contributed by atoms with van der Waals surface area (Å²) in [6, 6.07) is 11.4. The number of rotatable bonds is 6. The second kappa shape index (κ2) is 9.77. The summed E-state index contributed by atoms with van der Waals surface area (Å²) < 4.78 is 48.4. The Balaban J connectivity index is 1.35. The van der Waals surface area contributed by atoms with Crippen LogP contribution in [0.25, 0.3) is 0 Å². The van der Waals surface area contributed by atoms with Gasteiger partial charge >= 0.3 is 5.97 Å². The number of sulfonamides is 1. The molecule has 1 fully saturated rings. The van der Waals surface area contributed by atoms with Gasteiger partial charge in [-0.1, -0.05) is 18.2 Å². The average Bonchev–Trinajstić information content (AvgIpc) is 2.84. The molecule has 1 atom stereocenters. The normalized spacial score (nSPS) is 18.4. The Morgan fingerprint density at radius 1 is 1.12 bits per heavy atom. The van der Waals surface area contributed by atoms with Crippen LogP contribution < -0.4 is 14.8 Å². The molecule has 11 heteroatoms. The van der Waals surface area contributed by atoms with Gasteiger partial charge in [-0.25, -0.2) is 13.2 Å². The maximum absolute atomic E-state index is 12.9. The lowest BCUT2D eigenvalue weighted by molar-refractivity contribution is -0.156. The molecule has 0 radical (unpaired) electrons. The van der Waals surface area contributed by atoms with E-state index in [1.165, 1.54) is 16.4 Å². The lowest BCUT2D eigenvalue weighted by Crippen LogP contribution is -2.40. The minimum absolute atomic E-state index is 0.0297. The Labute approximate surface area is 191 Å². The van der Waals surface area contributed by atoms with Gasteiger partial charge in [-0.15, -0.1) is 0 Å². The molecule has 0 saturated carbocycles. The number of amides is 1. The summed E-state index contributed by atoms with van der Waals surface area (Å²) >= 11 is 0. The number of benzene rings is 2. The Morgan fingerprint density at radius 3 is 2.61 bits per heavy atom. The molecule has 33 heavy (non-hydrogen) atoms. The zero-order valence-corrected chi connectivity index (χ0v) is 18.8. The van der Waals surface area contributed by atoms with Gasteiger partial charge in [0.25, 0.3) is 5.91 Å². The number of nitrogens with one attached hydrogen (secondary N) is 1. The molecule has 1 amide bonds. The number of carbonyl (C=O) groups excluding carboxylic acids is 2. The maximum atomic E-state index is 12.9. The van der Waals surface area contributed by atoms with Crippen molar-refractivity contribution in [2.24, 2.45) is 0 Å². The number of aryl methyl sites for hydroxylation is 1. The first-order valence-corrected chi connectivity index (χ1v) is 11.8. The summed E-state index contributed by atoms with van der Waals surface area (Å²) in [5.41, 5.74) is 0.979. The van der Waals surface area contributed by atoms with Crippen LogP contribution in [0.3, 0.4) is 0 Å². The van der Waals surface area contributed by atoms with Crippen molar-refractivity contribution in [2.75, 3.05) is 44.8 Å². The largest absolute Gasteiger partial charge is 0.485 e. The van der Waals surface area contributed by atoms with E-state index < -0.39 is 34.6 Å². The third-order valence-corrected chi connectivity index (χ3v) is 7.10. The van der Waals surface area contributed by atoms with Gasteiger partial charge in [0.05, 0.1) is 18.1 Å². The topological polar surface area (TPSA) is 120 Å². The van der Waals surface area contributed by atoms with Crippen LogP contribution in [0.2, 0.25) is 0 Å². The Hall–Kier alpha value is -3.15. The molecular formula is C22H24N2O8S. The Kier molecular flexibility index (Phi) is 6.82. The molecule has 0 bridgehead atoms. The van der Waals surface area contributed by atoms with E-state index in [2.05, 4.69) is 5.32 Å². The molecule has 0 spiro atoms. The number of anilines is 1. The van der Waals surface area contributed by atoms with E-state index in [4.69, 9.17) is 18.9 Å². The van der Waals surface area contributed by atoms with Crippen molar-refractivity contribution in [3.8, 4) is 11.5 Å². The van der Waals surface area contributed by atoms with Crippen LogP contribution in [0.15, 0.2) is 47.4 Å². The molecule has 2 aromatic rings. The zero-order valence-electron chi connectivity index (χ0n) is 18.0. The molecule has 0 aromatic heterocycles. The monoisotopic (exact) mass is 476 g/mol. The first-order chi connectivity index (χ1) is 15.8. The second-order valence-electron chi connectivity index (χ2n) is 7.51. The predicted octanol–water partition coefficient (Wildman–Crippen LogP) is 1.34. The smallest absolute Gasteiger partial charge is 0.351 e. The first kappa shape index (κ1) is 23.0. The highest BCUT2D eigenvalue weighted by Gasteiger charge is 2.30. The van der Waals surface area contributed by atoms with Crippen LogP contribution in [0, 0.1) is 6.92 Å². The summed E-state index contributed by atoms with van der Waals surface area (Å²) in [4.78, 5) is 24.7. The summed E-state index contributed by atoms with van der Waals surface area (Å²) in [7, 11) is -3.72. The van der Waals surface area contributed by atoms with E-state index >= 15 is 0 Å². The molecule has 2 aliphatic rings. The summed E-state index contributed by atoms with van der Waals surface area (Å²) in [6.07, 6.45) is -0.989. The number of para-hydroxylation sites is 2. The highest BCUT2D eigenvalue weighted by molar-refractivity contribution is 7.89. The fourth-order valence-electron chi connectivity index (χ4n) is 3.38. The Morgan fingerprint density at radius 2 is 1.85 bits per heavy atom. The number of hydrogen-bond donors (Lipinski definition) is 1. The number of carbonyl (C=O) groups is 2. The fourth-order valence-corrected chi connectivity index (χ4v) is 4.82. The molecule has 1 N–H and O–H groups in total. The molecule has 176 valence electrons. The zero-order chi connectivity index (χ0) is 23.4. The van der Waals surface area contributed by atoms with Gasteiger partial charge in [0.15, 0.2) is 18.1 Å². The van der Waals surface area contributed by atoms with Gasteiger partial charge in [0.1, 0.15) is 6.61 Å². The number of hydrogen-bond acceptors (Lipinski definition) is 8. The van der Waals surface area contributed by atoms with Gasteiger partial charge < -0.3 is 24.3 Å². The minimum atomic E-state index is -3.72. The van der Waals surface area contributed by atoms with E-state index in [9.17, 15) is 18.0 Å². The molecule has 2 aromatic carbocycles. The van der Waals surface area contributed by atoms with Crippen LogP contribution in [-0.4, -0.2) is 70.2 Å². The summed E-state index contributed by atoms with van der Waals surface area (Å²) in [5.74, 6) is -0.393. The third kappa shape index (κ3) is 5.27. The molecule has 2 aliphatic heterocycles. The van der Waals surface area contributed by atoms with Crippen molar-refractivity contribution in [1.29, 1.82) is 0 Å². The third-order valence-electron chi connectivity index (χ3n) is 5.21. The van der Waals surface area contributed by atoms with Gasteiger partial charge in [-0.05, 0) is 36.8 Å². The van der Waals surface area contributed by atoms with Crippen molar-refractivity contribution in [3.63, 3.8) is 0 Å². The molecule has 1 saturated heterocycles. The predicted molar refractivity (Wildman–Crippen MR) is 117 cm³/mol. The van der Waals surface area contributed by atoms with E-state index in [0.29, 0.717) is 36.0 Å². The van der Waals surface area contributed by atoms with E-state index in [-0.39, 0.29) is 24.6 Å². The Bertz CT molecular complexity index is 1140. The number of fused-ring (bicyclic) bond motifs is 1. The van der Waals surface area contributed by atoms with Gasteiger partial charge in [0, 0.05) is 18.8 Å². The fraction of sp³-hybridized carbons (Fsp3) is 0.364. The minimum Gasteiger partial charge on any atom is -0.485 e. The molecule has 4 rings (SSSR count). The van der Waals surface area contributed by atoms with E-state index in [0.717, 1.165) is 0 Å². The van der Waals surface area contributed by atoms with E-state index in [1.54, 1.807) is 37.3 Å². The number of nitrogens with zero attached hydrogens (tertiary/aromatic N) is 1. The molecule has 0 aliphatic carbocycles. The number of morpholine rings is 1. The van der Waals surface area contributed by atoms with Crippen LogP contribution in [0.1, 0.15) is 5.56 Å². The van der Waals surface area contributed by atoms with E-state index in [1.807, 2.05) is 0 Å². The standard InChI is InChI=1S/C22H24N2O8S/c1-15-6-7-16(33(27,28)24-8-10-29-11-9-24)12-17(15)23-21(25)14-31-22(26)20-13-30-18-4-2-3-5-19(18)32-20/h2-7,12,20H,8-11,13-14H2,1H3,(H,23,25)/t20-/m0/s1. The van der Waals surface area contributed by atoms with Gasteiger partial charge in [-0.2, -0.15) is 4.31 Å². The second-order valence-corrected chi connectivity index (χ2v) is 9.45. The molecular weight excluding hydrogens is 452 g/mol. The van der Waals surface area contributed by atoms with Crippen LogP contribution in [0.5, 0.6) is 11.5 Å². The summed E-state index contributed by atoms with van der Waals surface area (Å²) in [5, 5.41) is 2.60. The van der Waals surface area contributed by atoms with Crippen molar-refractivity contribution in [3.05, 3.63) is 48.0 Å². The number of ether oxygens (including phenoxy) is 4. The van der Waals surface area contributed by atoms with Gasteiger partial charge in [-0.3, -0.25) is 4.79 Å². The van der Waals surface area contributed by atoms with Crippen LogP contribution in [0.4, 0.5) is 5.69 Å². The van der Waals surface area contributed by atoms with Crippen molar-refractivity contribution in [2.45, 2.75) is 17.9 Å². The quantitative estimate of drug-likeness (QED) is 0.620. The number of esters is 1. The van der Waals surface area contributed by atoms with Gasteiger partial charge in [0.2, 0.25) is 16.1 Å². The van der Waals surface area contributed by atoms with Crippen molar-refractivity contribution < 1.29 is 37.0 Å². The summed E-state index contributed by atoms with van der Waals surface area (Å²) in [6.45, 7) is 2.36. The maximum Gasteiger partial charge on any atom is 0.351 e. The SMILES string of the molecule is Cc1ccc(S(=O)(=O)N2CCOCC2)cc1NC(=O)COC(=O)[C@@H]1COc2ccccc2O1. The lowest BCUT2D eigenvalue weighted by Gasteiger charge is -2.26. The highest BCUT2D eigenvalue weighted by atomic mass is 32.2. The molecule has 10 nitrogen and oxygen atoms in total. The van der Waals surface area contributed by atoms with Crippen LogP contribution >= 0.6 is 0 Å². The molecule has 0 unspecified atom stereocenters. The first-order valence-electron chi connectivity index (χ1n) is 10.4. The van der Waals surface area contributed by atoms with Crippen molar-refractivity contribution >= 4 is 27.6 Å². The molecule has 2 heterocycles. The highest BCUT2D eigenvalue weighted by Crippen LogP contribution is 2.31.